The minimum absolute atomic E-state index is 0.172. The Hall–Kier alpha value is -3.29. The fourth-order valence-electron chi connectivity index (χ4n) is 3.25. The van der Waals surface area contributed by atoms with Crippen molar-refractivity contribution in [3.05, 3.63) is 106 Å². The van der Waals surface area contributed by atoms with Crippen LogP contribution in [0.4, 0.5) is 4.39 Å². The molecule has 0 saturated heterocycles. The lowest BCUT2D eigenvalue weighted by atomic mass is 10.2. The number of hydrogen-bond donors (Lipinski definition) is 0. The first-order valence-electron chi connectivity index (χ1n) is 9.60. The van der Waals surface area contributed by atoms with E-state index >= 15 is 0 Å². The molecule has 5 rings (SSSR count). The van der Waals surface area contributed by atoms with E-state index in [4.69, 9.17) is 4.98 Å². The third kappa shape index (κ3) is 4.02. The van der Waals surface area contributed by atoms with Gasteiger partial charge in [-0.05, 0) is 36.4 Å². The summed E-state index contributed by atoms with van der Waals surface area (Å²) in [7, 11) is 0. The standard InChI is InChI=1S/C24H16FN3OS2/c25-17-10-12-18(13-11-17)28-23(29)20-8-4-5-9-21(20)27-24(28)30-15-19-14-26-22(31-19)16-6-2-1-3-7-16/h1-14H,15H2. The second-order valence-corrected chi connectivity index (χ2v) is 8.87. The summed E-state index contributed by atoms with van der Waals surface area (Å²) in [6.45, 7) is 0. The van der Waals surface area contributed by atoms with Crippen molar-refractivity contribution in [3.63, 3.8) is 0 Å². The number of para-hydroxylation sites is 1. The van der Waals surface area contributed by atoms with Gasteiger partial charge in [0.25, 0.3) is 5.56 Å². The zero-order chi connectivity index (χ0) is 21.2. The number of benzene rings is 3. The number of aromatic nitrogens is 3. The van der Waals surface area contributed by atoms with Crippen LogP contribution in [0.15, 0.2) is 95.0 Å². The van der Waals surface area contributed by atoms with Gasteiger partial charge in [0.1, 0.15) is 10.8 Å². The topological polar surface area (TPSA) is 47.8 Å². The van der Waals surface area contributed by atoms with Gasteiger partial charge in [-0.15, -0.1) is 11.3 Å². The first kappa shape index (κ1) is 19.7. The molecule has 0 aliphatic heterocycles. The lowest BCUT2D eigenvalue weighted by Gasteiger charge is -2.13. The average Bonchev–Trinajstić information content (AvgIpc) is 3.28. The van der Waals surface area contributed by atoms with Crippen molar-refractivity contribution < 1.29 is 4.39 Å². The Balaban J connectivity index is 1.52. The molecule has 0 fully saturated rings. The lowest BCUT2D eigenvalue weighted by molar-refractivity contribution is 0.627. The quantitative estimate of drug-likeness (QED) is 0.248. The fraction of sp³-hybridized carbons (Fsp3) is 0.0417. The molecular formula is C24H16FN3OS2. The van der Waals surface area contributed by atoms with Crippen LogP contribution in [0.25, 0.3) is 27.2 Å². The molecule has 0 amide bonds. The van der Waals surface area contributed by atoms with Crippen molar-refractivity contribution in [3.8, 4) is 16.3 Å². The van der Waals surface area contributed by atoms with E-state index in [1.54, 1.807) is 34.1 Å². The highest BCUT2D eigenvalue weighted by molar-refractivity contribution is 7.98. The van der Waals surface area contributed by atoms with Crippen LogP contribution >= 0.6 is 23.1 Å². The third-order valence-corrected chi connectivity index (χ3v) is 6.96. The molecule has 0 spiro atoms. The molecule has 0 unspecified atom stereocenters. The van der Waals surface area contributed by atoms with Gasteiger partial charge in [0.15, 0.2) is 5.16 Å². The molecule has 7 heteroatoms. The van der Waals surface area contributed by atoms with E-state index in [1.165, 1.54) is 23.9 Å². The van der Waals surface area contributed by atoms with Crippen LogP contribution in [0.5, 0.6) is 0 Å². The predicted octanol–water partition coefficient (Wildman–Crippen LogP) is 5.94. The maximum Gasteiger partial charge on any atom is 0.266 e. The number of halogens is 1. The summed E-state index contributed by atoms with van der Waals surface area (Å²) < 4.78 is 15.0. The smallest absolute Gasteiger partial charge is 0.266 e. The van der Waals surface area contributed by atoms with Gasteiger partial charge in [0.05, 0.1) is 16.6 Å². The largest absolute Gasteiger partial charge is 0.268 e. The summed E-state index contributed by atoms with van der Waals surface area (Å²) >= 11 is 3.09. The van der Waals surface area contributed by atoms with Gasteiger partial charge in [-0.1, -0.05) is 54.2 Å². The van der Waals surface area contributed by atoms with Gasteiger partial charge in [-0.25, -0.2) is 14.4 Å². The van der Waals surface area contributed by atoms with Crippen molar-refractivity contribution in [1.82, 2.24) is 14.5 Å². The molecule has 0 bridgehead atoms. The van der Waals surface area contributed by atoms with Gasteiger partial charge in [-0.2, -0.15) is 0 Å². The van der Waals surface area contributed by atoms with Crippen LogP contribution in [0.3, 0.4) is 0 Å². The number of thioether (sulfide) groups is 1. The second kappa shape index (κ2) is 8.45. The Bertz CT molecular complexity index is 1410. The number of rotatable bonds is 5. The molecular weight excluding hydrogens is 429 g/mol. The Labute approximate surface area is 186 Å². The Morgan fingerprint density at radius 3 is 2.48 bits per heavy atom. The van der Waals surface area contributed by atoms with Gasteiger partial charge in [0.2, 0.25) is 0 Å². The van der Waals surface area contributed by atoms with Crippen molar-refractivity contribution in [2.24, 2.45) is 0 Å². The summed E-state index contributed by atoms with van der Waals surface area (Å²) in [5.74, 6) is 0.272. The summed E-state index contributed by atoms with van der Waals surface area (Å²) in [4.78, 5) is 23.6. The summed E-state index contributed by atoms with van der Waals surface area (Å²) in [5.41, 5.74) is 2.13. The molecule has 0 atom stereocenters. The molecule has 3 aromatic carbocycles. The molecule has 0 saturated carbocycles. The summed E-state index contributed by atoms with van der Waals surface area (Å²) in [5, 5.41) is 2.05. The Morgan fingerprint density at radius 2 is 1.68 bits per heavy atom. The van der Waals surface area contributed by atoms with E-state index in [2.05, 4.69) is 4.98 Å². The van der Waals surface area contributed by atoms with Crippen LogP contribution < -0.4 is 5.56 Å². The molecule has 0 aliphatic carbocycles. The first-order valence-corrected chi connectivity index (χ1v) is 11.4. The maximum absolute atomic E-state index is 13.5. The Kier molecular flexibility index (Phi) is 5.36. The molecule has 0 N–H and O–H groups in total. The molecule has 0 radical (unpaired) electrons. The highest BCUT2D eigenvalue weighted by atomic mass is 32.2. The van der Waals surface area contributed by atoms with Crippen molar-refractivity contribution in [1.29, 1.82) is 0 Å². The monoisotopic (exact) mass is 445 g/mol. The molecule has 31 heavy (non-hydrogen) atoms. The zero-order valence-electron chi connectivity index (χ0n) is 16.2. The number of thiazole rings is 1. The highest BCUT2D eigenvalue weighted by Gasteiger charge is 2.14. The van der Waals surface area contributed by atoms with E-state index in [0.717, 1.165) is 15.4 Å². The summed E-state index contributed by atoms with van der Waals surface area (Å²) in [6.07, 6.45) is 1.86. The molecule has 2 aromatic heterocycles. The third-order valence-electron chi connectivity index (χ3n) is 4.75. The second-order valence-electron chi connectivity index (χ2n) is 6.81. The van der Waals surface area contributed by atoms with Crippen molar-refractivity contribution in [2.75, 3.05) is 0 Å². The minimum atomic E-state index is -0.349. The van der Waals surface area contributed by atoms with Crippen molar-refractivity contribution in [2.45, 2.75) is 10.9 Å². The normalized spacial score (nSPS) is 11.1. The molecule has 2 heterocycles. The van der Waals surface area contributed by atoms with Crippen LogP contribution in [0.2, 0.25) is 0 Å². The van der Waals surface area contributed by atoms with Crippen LogP contribution in [0.1, 0.15) is 4.88 Å². The highest BCUT2D eigenvalue weighted by Crippen LogP contribution is 2.30. The predicted molar refractivity (Wildman–Crippen MR) is 124 cm³/mol. The minimum Gasteiger partial charge on any atom is -0.268 e. The maximum atomic E-state index is 13.5. The van der Waals surface area contributed by atoms with Crippen LogP contribution in [-0.2, 0) is 5.75 Å². The summed E-state index contributed by atoms with van der Waals surface area (Å²) in [6, 6.07) is 23.2. The fourth-order valence-corrected chi connectivity index (χ4v) is 5.20. The van der Waals surface area contributed by atoms with Crippen LogP contribution in [-0.4, -0.2) is 14.5 Å². The van der Waals surface area contributed by atoms with Gasteiger partial charge >= 0.3 is 0 Å². The van der Waals surface area contributed by atoms with E-state index in [1.807, 2.05) is 54.7 Å². The molecule has 0 aliphatic rings. The zero-order valence-corrected chi connectivity index (χ0v) is 17.9. The van der Waals surface area contributed by atoms with Gasteiger partial charge < -0.3 is 0 Å². The van der Waals surface area contributed by atoms with Crippen LogP contribution in [0, 0.1) is 5.82 Å². The van der Waals surface area contributed by atoms with E-state index < -0.39 is 0 Å². The van der Waals surface area contributed by atoms with Crippen molar-refractivity contribution >= 4 is 34.0 Å². The average molecular weight is 446 g/mol. The van der Waals surface area contributed by atoms with E-state index in [0.29, 0.717) is 27.5 Å². The number of hydrogen-bond acceptors (Lipinski definition) is 5. The molecule has 4 nitrogen and oxygen atoms in total. The van der Waals surface area contributed by atoms with E-state index in [9.17, 15) is 9.18 Å². The van der Waals surface area contributed by atoms with E-state index in [-0.39, 0.29) is 11.4 Å². The number of nitrogens with zero attached hydrogens (tertiary/aromatic N) is 3. The molecule has 152 valence electrons. The van der Waals surface area contributed by atoms with Gasteiger partial charge in [-0.3, -0.25) is 9.36 Å². The number of fused-ring (bicyclic) bond motifs is 1. The molecule has 5 aromatic rings. The van der Waals surface area contributed by atoms with Gasteiger partial charge in [0, 0.05) is 22.4 Å². The Morgan fingerprint density at radius 1 is 0.935 bits per heavy atom. The SMILES string of the molecule is O=c1c2ccccc2nc(SCc2cnc(-c3ccccc3)s2)n1-c1ccc(F)cc1. The first-order chi connectivity index (χ1) is 15.2. The lowest BCUT2D eigenvalue weighted by Crippen LogP contribution is -2.21.